The predicted molar refractivity (Wildman–Crippen MR) is 121 cm³/mol. The number of hydrogen-bond donors (Lipinski definition) is 1. The van der Waals surface area contributed by atoms with Gasteiger partial charge in [0.05, 0.1) is 13.2 Å². The van der Waals surface area contributed by atoms with Crippen LogP contribution in [-0.2, 0) is 16.0 Å². The molecule has 0 aliphatic heterocycles. The summed E-state index contributed by atoms with van der Waals surface area (Å²) < 4.78 is 16.8. The first-order valence-corrected chi connectivity index (χ1v) is 10.3. The third-order valence-corrected chi connectivity index (χ3v) is 4.96. The van der Waals surface area contributed by atoms with E-state index in [1.54, 1.807) is 19.2 Å². The van der Waals surface area contributed by atoms with Crippen molar-refractivity contribution in [1.82, 2.24) is 0 Å². The lowest BCUT2D eigenvalue weighted by molar-refractivity contribution is -0.126. The lowest BCUT2D eigenvalue weighted by Gasteiger charge is -2.12. The van der Waals surface area contributed by atoms with Gasteiger partial charge < -0.3 is 19.3 Å². The van der Waals surface area contributed by atoms with Crippen LogP contribution < -0.4 is 9.47 Å². The maximum atomic E-state index is 11.5. The Hall–Kier alpha value is -3.31. The number of methoxy groups -OCH3 is 1. The van der Waals surface area contributed by atoms with E-state index in [9.17, 15) is 9.90 Å². The molecule has 0 heterocycles. The molecule has 0 aromatic heterocycles. The fourth-order valence-corrected chi connectivity index (χ4v) is 3.17. The molecule has 1 N–H and O–H groups in total. The molecule has 0 saturated heterocycles. The molecule has 0 radical (unpaired) electrons. The highest BCUT2D eigenvalue weighted by molar-refractivity contribution is 5.80. The predicted octanol–water partition coefficient (Wildman–Crippen LogP) is 5.05. The fraction of sp³-hybridized carbons (Fsp3) is 0.269. The maximum Gasteiger partial charge on any atom is 0.158 e. The van der Waals surface area contributed by atoms with Gasteiger partial charge in [-0.2, -0.15) is 0 Å². The SMILES string of the molecule is CO[C@@H](Cc1ccc(OCCCOc2ccc(-c3ccc(O)cc3)cc2)cc1)C(C)=O. The highest BCUT2D eigenvalue weighted by Gasteiger charge is 2.13. The van der Waals surface area contributed by atoms with Crippen molar-refractivity contribution in [2.75, 3.05) is 20.3 Å². The Morgan fingerprint density at radius 1 is 0.806 bits per heavy atom. The van der Waals surface area contributed by atoms with E-state index in [4.69, 9.17) is 14.2 Å². The van der Waals surface area contributed by atoms with Crippen molar-refractivity contribution in [2.24, 2.45) is 0 Å². The summed E-state index contributed by atoms with van der Waals surface area (Å²) >= 11 is 0. The molecule has 3 rings (SSSR count). The molecule has 0 fully saturated rings. The van der Waals surface area contributed by atoms with Gasteiger partial charge in [-0.25, -0.2) is 0 Å². The van der Waals surface area contributed by atoms with Gasteiger partial charge in [0, 0.05) is 20.0 Å². The molecule has 5 heteroatoms. The second-order valence-corrected chi connectivity index (χ2v) is 7.30. The van der Waals surface area contributed by atoms with Crippen molar-refractivity contribution in [3.8, 4) is 28.4 Å². The summed E-state index contributed by atoms with van der Waals surface area (Å²) in [5.41, 5.74) is 3.15. The molecule has 0 saturated carbocycles. The average molecular weight is 421 g/mol. The summed E-state index contributed by atoms with van der Waals surface area (Å²) in [6, 6.07) is 22.7. The molecule has 0 unspecified atom stereocenters. The maximum absolute atomic E-state index is 11.5. The quantitative estimate of drug-likeness (QED) is 0.440. The highest BCUT2D eigenvalue weighted by Crippen LogP contribution is 2.24. The van der Waals surface area contributed by atoms with Gasteiger partial charge in [-0.1, -0.05) is 36.4 Å². The molecular weight excluding hydrogens is 392 g/mol. The number of carbonyl (C=O) groups is 1. The van der Waals surface area contributed by atoms with E-state index < -0.39 is 6.10 Å². The van der Waals surface area contributed by atoms with Gasteiger partial charge in [-0.15, -0.1) is 0 Å². The highest BCUT2D eigenvalue weighted by atomic mass is 16.5. The lowest BCUT2D eigenvalue weighted by atomic mass is 10.1. The summed E-state index contributed by atoms with van der Waals surface area (Å²) in [6.07, 6.45) is 0.919. The number of carbonyl (C=O) groups excluding carboxylic acids is 1. The molecule has 0 bridgehead atoms. The number of phenolic OH excluding ortho intramolecular Hbond substituents is 1. The van der Waals surface area contributed by atoms with Gasteiger partial charge in [0.25, 0.3) is 0 Å². The molecular formula is C26H28O5. The van der Waals surface area contributed by atoms with Crippen molar-refractivity contribution in [1.29, 1.82) is 0 Å². The van der Waals surface area contributed by atoms with Crippen LogP contribution in [0.1, 0.15) is 18.9 Å². The second kappa shape index (κ2) is 11.2. The molecule has 162 valence electrons. The molecule has 31 heavy (non-hydrogen) atoms. The third kappa shape index (κ3) is 6.86. The van der Waals surface area contributed by atoms with Crippen molar-refractivity contribution in [2.45, 2.75) is 25.9 Å². The molecule has 3 aromatic carbocycles. The van der Waals surface area contributed by atoms with Crippen LogP contribution in [-0.4, -0.2) is 37.3 Å². The van der Waals surface area contributed by atoms with Crippen LogP contribution in [0, 0.1) is 0 Å². The van der Waals surface area contributed by atoms with Crippen molar-refractivity contribution >= 4 is 5.78 Å². The van der Waals surface area contributed by atoms with E-state index in [-0.39, 0.29) is 11.5 Å². The smallest absolute Gasteiger partial charge is 0.158 e. The number of benzene rings is 3. The van der Waals surface area contributed by atoms with Crippen LogP contribution in [0.15, 0.2) is 72.8 Å². The van der Waals surface area contributed by atoms with Crippen LogP contribution in [0.4, 0.5) is 0 Å². The monoisotopic (exact) mass is 420 g/mol. The average Bonchev–Trinajstić information content (AvgIpc) is 2.79. The number of ketones is 1. The number of hydrogen-bond acceptors (Lipinski definition) is 5. The Morgan fingerprint density at radius 3 is 1.77 bits per heavy atom. The van der Waals surface area contributed by atoms with Gasteiger partial charge >= 0.3 is 0 Å². The minimum Gasteiger partial charge on any atom is -0.508 e. The third-order valence-electron chi connectivity index (χ3n) is 4.96. The first-order chi connectivity index (χ1) is 15.0. The molecule has 5 nitrogen and oxygen atoms in total. The zero-order chi connectivity index (χ0) is 22.1. The zero-order valence-corrected chi connectivity index (χ0v) is 17.9. The van der Waals surface area contributed by atoms with Crippen LogP contribution in [0.2, 0.25) is 0 Å². The molecule has 0 amide bonds. The summed E-state index contributed by atoms with van der Waals surface area (Å²) in [6.45, 7) is 2.65. The topological polar surface area (TPSA) is 65.0 Å². The van der Waals surface area contributed by atoms with E-state index >= 15 is 0 Å². The minimum absolute atomic E-state index is 0.0258. The summed E-state index contributed by atoms with van der Waals surface area (Å²) in [4.78, 5) is 11.5. The Balaban J connectivity index is 1.38. The van der Waals surface area contributed by atoms with Crippen molar-refractivity contribution in [3.63, 3.8) is 0 Å². The van der Waals surface area contributed by atoms with E-state index in [0.717, 1.165) is 34.6 Å². The Labute approximate surface area is 183 Å². The largest absolute Gasteiger partial charge is 0.508 e. The van der Waals surface area contributed by atoms with Gasteiger partial charge in [0.1, 0.15) is 23.4 Å². The number of ether oxygens (including phenoxy) is 3. The van der Waals surface area contributed by atoms with Crippen molar-refractivity contribution in [3.05, 3.63) is 78.4 Å². The minimum atomic E-state index is -0.404. The molecule has 0 aliphatic carbocycles. The number of rotatable bonds is 11. The van der Waals surface area contributed by atoms with Crippen LogP contribution in [0.5, 0.6) is 17.2 Å². The van der Waals surface area contributed by atoms with Crippen LogP contribution in [0.3, 0.4) is 0 Å². The first-order valence-electron chi connectivity index (χ1n) is 10.3. The summed E-state index contributed by atoms with van der Waals surface area (Å²) in [7, 11) is 1.55. The molecule has 1 atom stereocenters. The summed E-state index contributed by atoms with van der Waals surface area (Å²) in [5.74, 6) is 1.89. The van der Waals surface area contributed by atoms with Crippen LogP contribution in [0.25, 0.3) is 11.1 Å². The number of phenols is 1. The first kappa shape index (κ1) is 22.4. The number of Topliss-reactive ketones (excluding diaryl/α,β-unsaturated/α-hetero) is 1. The standard InChI is InChI=1S/C26H28O5/c1-19(27)26(29-2)18-20-4-12-24(13-5-20)30-16-3-17-31-25-14-8-22(9-15-25)21-6-10-23(28)11-7-21/h4-15,26,28H,3,16-18H2,1-2H3/t26-/m0/s1. The summed E-state index contributed by atoms with van der Waals surface area (Å²) in [5, 5.41) is 9.39. The zero-order valence-electron chi connectivity index (χ0n) is 17.9. The van der Waals surface area contributed by atoms with Gasteiger partial charge in [-0.3, -0.25) is 4.79 Å². The normalized spacial score (nSPS) is 11.7. The van der Waals surface area contributed by atoms with E-state index in [0.29, 0.717) is 19.6 Å². The molecule has 3 aromatic rings. The van der Waals surface area contributed by atoms with Gasteiger partial charge in [0.2, 0.25) is 0 Å². The molecule has 0 aliphatic rings. The van der Waals surface area contributed by atoms with Crippen molar-refractivity contribution < 1.29 is 24.1 Å². The Kier molecular flexibility index (Phi) is 8.07. The Morgan fingerprint density at radius 2 is 1.29 bits per heavy atom. The molecule has 0 spiro atoms. The fourth-order valence-electron chi connectivity index (χ4n) is 3.17. The van der Waals surface area contributed by atoms with E-state index in [1.165, 1.54) is 6.92 Å². The number of aromatic hydroxyl groups is 1. The second-order valence-electron chi connectivity index (χ2n) is 7.30. The Bertz CT molecular complexity index is 947. The van der Waals surface area contributed by atoms with Gasteiger partial charge in [-0.05, 0) is 60.0 Å². The van der Waals surface area contributed by atoms with Gasteiger partial charge in [0.15, 0.2) is 5.78 Å². The van der Waals surface area contributed by atoms with E-state index in [2.05, 4.69) is 0 Å². The lowest BCUT2D eigenvalue weighted by Crippen LogP contribution is -2.22. The van der Waals surface area contributed by atoms with E-state index in [1.807, 2.05) is 60.7 Å². The van der Waals surface area contributed by atoms with Crippen LogP contribution >= 0.6 is 0 Å².